The molecule has 156 valence electrons. The fourth-order valence-electron chi connectivity index (χ4n) is 4.55. The van der Waals surface area contributed by atoms with Gasteiger partial charge < -0.3 is 14.7 Å². The molecule has 3 aromatic rings. The normalized spacial score (nSPS) is 17.2. The van der Waals surface area contributed by atoms with Crippen LogP contribution in [0.2, 0.25) is 0 Å². The van der Waals surface area contributed by atoms with Crippen LogP contribution in [0.25, 0.3) is 10.9 Å². The Morgan fingerprint density at radius 2 is 1.70 bits per heavy atom. The van der Waals surface area contributed by atoms with Crippen molar-refractivity contribution in [2.24, 2.45) is 7.05 Å². The van der Waals surface area contributed by atoms with E-state index in [4.69, 9.17) is 0 Å². The first-order valence-electron chi connectivity index (χ1n) is 10.6. The molecular formula is C22H27N7O. The molecule has 0 atom stereocenters. The van der Waals surface area contributed by atoms with Crippen molar-refractivity contribution in [1.29, 1.82) is 0 Å². The molecule has 5 rings (SSSR count). The van der Waals surface area contributed by atoms with Crippen molar-refractivity contribution in [2.75, 3.05) is 49.1 Å². The smallest absolute Gasteiger partial charge is 0.272 e. The Morgan fingerprint density at radius 3 is 2.40 bits per heavy atom. The first kappa shape index (κ1) is 18.8. The summed E-state index contributed by atoms with van der Waals surface area (Å²) < 4.78 is 1.67. The molecule has 2 saturated heterocycles. The number of nitrogens with zero attached hydrogens (tertiary/aromatic N) is 7. The van der Waals surface area contributed by atoms with Crippen molar-refractivity contribution in [1.82, 2.24) is 24.6 Å². The second-order valence-corrected chi connectivity index (χ2v) is 8.17. The molecule has 0 bridgehead atoms. The number of carbonyl (C=O) groups is 1. The van der Waals surface area contributed by atoms with Gasteiger partial charge in [0.05, 0.1) is 11.2 Å². The highest BCUT2D eigenvalue weighted by Crippen LogP contribution is 2.30. The highest BCUT2D eigenvalue weighted by atomic mass is 16.2. The summed E-state index contributed by atoms with van der Waals surface area (Å²) in [5.41, 5.74) is 3.67. The van der Waals surface area contributed by atoms with E-state index in [9.17, 15) is 4.79 Å². The maximum atomic E-state index is 12.9. The van der Waals surface area contributed by atoms with Crippen LogP contribution in [0.15, 0.2) is 30.6 Å². The summed E-state index contributed by atoms with van der Waals surface area (Å²) in [5.74, 6) is 1.10. The molecule has 8 heteroatoms. The van der Waals surface area contributed by atoms with Crippen LogP contribution in [0.3, 0.4) is 0 Å². The standard InChI is InChI=1S/C22H27N7O/c1-16-13-20(26(2)25-16)22(30)29-11-9-27(10-12-29)17-5-6-19-18(14-17)21(24-15-23-19)28-7-3-4-8-28/h5-6,13-15H,3-4,7-12H2,1-2H3. The zero-order chi connectivity index (χ0) is 20.7. The van der Waals surface area contributed by atoms with E-state index in [-0.39, 0.29) is 5.91 Å². The number of benzene rings is 1. The van der Waals surface area contributed by atoms with Gasteiger partial charge in [0.1, 0.15) is 17.8 Å². The van der Waals surface area contributed by atoms with Gasteiger partial charge in [0.25, 0.3) is 5.91 Å². The number of aryl methyl sites for hydroxylation is 2. The molecule has 0 spiro atoms. The molecule has 0 saturated carbocycles. The average molecular weight is 406 g/mol. The third-order valence-electron chi connectivity index (χ3n) is 6.16. The fraction of sp³-hybridized carbons (Fsp3) is 0.455. The Labute approximate surface area is 176 Å². The fourth-order valence-corrected chi connectivity index (χ4v) is 4.55. The molecular weight excluding hydrogens is 378 g/mol. The van der Waals surface area contributed by atoms with Gasteiger partial charge in [0, 0.05) is 57.4 Å². The lowest BCUT2D eigenvalue weighted by molar-refractivity contribution is 0.0735. The van der Waals surface area contributed by atoms with E-state index >= 15 is 0 Å². The van der Waals surface area contributed by atoms with Crippen molar-refractivity contribution < 1.29 is 4.79 Å². The molecule has 1 amide bonds. The van der Waals surface area contributed by atoms with E-state index in [2.05, 4.69) is 43.1 Å². The number of carbonyl (C=O) groups excluding carboxylic acids is 1. The zero-order valence-corrected chi connectivity index (χ0v) is 17.6. The van der Waals surface area contributed by atoms with Crippen molar-refractivity contribution in [3.63, 3.8) is 0 Å². The van der Waals surface area contributed by atoms with Crippen molar-refractivity contribution >= 4 is 28.3 Å². The number of hydrogen-bond donors (Lipinski definition) is 0. The third kappa shape index (κ3) is 3.36. The first-order chi connectivity index (χ1) is 14.6. The van der Waals surface area contributed by atoms with Crippen LogP contribution in [0.5, 0.6) is 0 Å². The minimum atomic E-state index is 0.0565. The molecule has 0 radical (unpaired) electrons. The summed E-state index contributed by atoms with van der Waals surface area (Å²) >= 11 is 0. The topological polar surface area (TPSA) is 70.4 Å². The van der Waals surface area contributed by atoms with E-state index < -0.39 is 0 Å². The van der Waals surface area contributed by atoms with Crippen LogP contribution in [0.1, 0.15) is 29.0 Å². The summed E-state index contributed by atoms with van der Waals surface area (Å²) in [5, 5.41) is 5.41. The number of fused-ring (bicyclic) bond motifs is 1. The second-order valence-electron chi connectivity index (χ2n) is 8.17. The van der Waals surface area contributed by atoms with E-state index in [0.29, 0.717) is 18.8 Å². The number of hydrogen-bond acceptors (Lipinski definition) is 6. The number of amides is 1. The number of piperazine rings is 1. The van der Waals surface area contributed by atoms with Crippen molar-refractivity contribution in [3.8, 4) is 0 Å². The highest BCUT2D eigenvalue weighted by Gasteiger charge is 2.25. The lowest BCUT2D eigenvalue weighted by Crippen LogP contribution is -2.49. The lowest BCUT2D eigenvalue weighted by Gasteiger charge is -2.36. The predicted molar refractivity (Wildman–Crippen MR) is 117 cm³/mol. The predicted octanol–water partition coefficient (Wildman–Crippen LogP) is 2.23. The van der Waals surface area contributed by atoms with Gasteiger partial charge in [-0.1, -0.05) is 0 Å². The highest BCUT2D eigenvalue weighted by molar-refractivity contribution is 5.93. The molecule has 0 aliphatic carbocycles. The molecule has 2 aromatic heterocycles. The van der Waals surface area contributed by atoms with Crippen LogP contribution >= 0.6 is 0 Å². The van der Waals surface area contributed by atoms with Gasteiger partial charge in [0.2, 0.25) is 0 Å². The minimum Gasteiger partial charge on any atom is -0.368 e. The van der Waals surface area contributed by atoms with Gasteiger partial charge in [0.15, 0.2) is 0 Å². The Balaban J connectivity index is 1.34. The lowest BCUT2D eigenvalue weighted by atomic mass is 10.1. The van der Waals surface area contributed by atoms with Crippen LogP contribution in [0, 0.1) is 6.92 Å². The van der Waals surface area contributed by atoms with Gasteiger partial charge in [-0.3, -0.25) is 9.48 Å². The van der Waals surface area contributed by atoms with Gasteiger partial charge >= 0.3 is 0 Å². The largest absolute Gasteiger partial charge is 0.368 e. The van der Waals surface area contributed by atoms with Gasteiger partial charge in [-0.25, -0.2) is 9.97 Å². The Morgan fingerprint density at radius 1 is 0.933 bits per heavy atom. The Kier molecular flexibility index (Phi) is 4.77. The monoisotopic (exact) mass is 405 g/mol. The van der Waals surface area contributed by atoms with Gasteiger partial charge in [-0.15, -0.1) is 0 Å². The van der Waals surface area contributed by atoms with Gasteiger partial charge in [-0.2, -0.15) is 5.10 Å². The maximum Gasteiger partial charge on any atom is 0.272 e. The third-order valence-corrected chi connectivity index (χ3v) is 6.16. The maximum absolute atomic E-state index is 12.9. The summed E-state index contributed by atoms with van der Waals surface area (Å²) in [4.78, 5) is 28.5. The molecule has 4 heterocycles. The molecule has 2 fully saturated rings. The van der Waals surface area contributed by atoms with E-state index in [1.165, 1.54) is 18.5 Å². The zero-order valence-electron chi connectivity index (χ0n) is 17.6. The molecule has 8 nitrogen and oxygen atoms in total. The SMILES string of the molecule is Cc1cc(C(=O)N2CCN(c3ccc4ncnc(N5CCCC5)c4c3)CC2)n(C)n1. The molecule has 0 unspecified atom stereocenters. The molecule has 2 aliphatic rings. The number of aromatic nitrogens is 4. The summed E-state index contributed by atoms with van der Waals surface area (Å²) in [7, 11) is 1.82. The molecule has 0 N–H and O–H groups in total. The quantitative estimate of drug-likeness (QED) is 0.666. The van der Waals surface area contributed by atoms with E-state index in [1.807, 2.05) is 24.9 Å². The van der Waals surface area contributed by atoms with E-state index in [1.54, 1.807) is 11.0 Å². The van der Waals surface area contributed by atoms with Gasteiger partial charge in [-0.05, 0) is 44.0 Å². The summed E-state index contributed by atoms with van der Waals surface area (Å²) in [6.07, 6.45) is 4.11. The van der Waals surface area contributed by atoms with Crippen LogP contribution in [0.4, 0.5) is 11.5 Å². The second kappa shape index (κ2) is 7.59. The van der Waals surface area contributed by atoms with Crippen molar-refractivity contribution in [2.45, 2.75) is 19.8 Å². The summed E-state index contributed by atoms with van der Waals surface area (Å²) in [6, 6.07) is 8.29. The van der Waals surface area contributed by atoms with Crippen LogP contribution in [-0.2, 0) is 7.05 Å². The number of anilines is 2. The van der Waals surface area contributed by atoms with Crippen molar-refractivity contribution in [3.05, 3.63) is 42.0 Å². The van der Waals surface area contributed by atoms with Crippen LogP contribution in [-0.4, -0.2) is 69.8 Å². The van der Waals surface area contributed by atoms with E-state index in [0.717, 1.165) is 48.6 Å². The Bertz CT molecular complexity index is 1080. The average Bonchev–Trinajstić information content (AvgIpc) is 3.42. The number of rotatable bonds is 3. The molecule has 2 aliphatic heterocycles. The Hall–Kier alpha value is -3.16. The van der Waals surface area contributed by atoms with Crippen LogP contribution < -0.4 is 9.80 Å². The summed E-state index contributed by atoms with van der Waals surface area (Å²) in [6.45, 7) is 7.04. The molecule has 30 heavy (non-hydrogen) atoms. The first-order valence-corrected chi connectivity index (χ1v) is 10.6. The minimum absolute atomic E-state index is 0.0565. The molecule has 1 aromatic carbocycles.